The van der Waals surface area contributed by atoms with Crippen LogP contribution in [-0.4, -0.2) is 45.2 Å². The number of hydrogen-bond donors (Lipinski definition) is 2. The van der Waals surface area contributed by atoms with Gasteiger partial charge in [-0.15, -0.1) is 0 Å². The number of aromatic nitrogens is 2. The molecule has 2 heterocycles. The van der Waals surface area contributed by atoms with E-state index in [0.29, 0.717) is 12.3 Å². The van der Waals surface area contributed by atoms with Crippen LogP contribution in [0, 0.1) is 18.8 Å². The van der Waals surface area contributed by atoms with Crippen molar-refractivity contribution in [3.63, 3.8) is 0 Å². The van der Waals surface area contributed by atoms with Gasteiger partial charge in [-0.05, 0) is 44.1 Å². The predicted octanol–water partition coefficient (Wildman–Crippen LogP) is 1.53. The van der Waals surface area contributed by atoms with Crippen LogP contribution in [0.1, 0.15) is 42.9 Å². The molecular weight excluding hydrogens is 270 g/mol. The molecule has 21 heavy (non-hydrogen) atoms. The summed E-state index contributed by atoms with van der Waals surface area (Å²) >= 11 is 0. The topological polar surface area (TPSA) is 86.3 Å². The van der Waals surface area contributed by atoms with Crippen molar-refractivity contribution in [3.8, 4) is 0 Å². The van der Waals surface area contributed by atoms with Gasteiger partial charge in [0.25, 0.3) is 0 Å². The molecule has 6 nitrogen and oxygen atoms in total. The van der Waals surface area contributed by atoms with Crippen molar-refractivity contribution in [2.45, 2.75) is 38.5 Å². The first-order chi connectivity index (χ1) is 10.1. The van der Waals surface area contributed by atoms with Gasteiger partial charge in [0, 0.05) is 18.8 Å². The van der Waals surface area contributed by atoms with Crippen molar-refractivity contribution in [2.24, 2.45) is 11.8 Å². The Bertz CT molecular complexity index is 546. The summed E-state index contributed by atoms with van der Waals surface area (Å²) in [7, 11) is 0. The van der Waals surface area contributed by atoms with Gasteiger partial charge in [0.1, 0.15) is 0 Å². The molecule has 1 aliphatic carbocycles. The molecule has 1 saturated carbocycles. The number of piperidine rings is 1. The van der Waals surface area contributed by atoms with E-state index in [9.17, 15) is 9.59 Å². The van der Waals surface area contributed by atoms with Gasteiger partial charge in [-0.25, -0.2) is 0 Å². The highest BCUT2D eigenvalue weighted by atomic mass is 16.4. The smallest absolute Gasteiger partial charge is 0.307 e. The minimum atomic E-state index is -0.830. The van der Waals surface area contributed by atoms with E-state index in [-0.39, 0.29) is 11.8 Å². The van der Waals surface area contributed by atoms with Crippen molar-refractivity contribution < 1.29 is 14.7 Å². The van der Waals surface area contributed by atoms with Gasteiger partial charge in [0.2, 0.25) is 5.91 Å². The van der Waals surface area contributed by atoms with E-state index in [2.05, 4.69) is 10.2 Å². The molecule has 0 spiro atoms. The lowest BCUT2D eigenvalue weighted by atomic mass is 9.72. The van der Waals surface area contributed by atoms with Crippen LogP contribution in [0.5, 0.6) is 0 Å². The molecule has 6 heteroatoms. The Morgan fingerprint density at radius 1 is 1.24 bits per heavy atom. The Balaban J connectivity index is 1.57. The first-order valence-corrected chi connectivity index (χ1v) is 7.59. The molecule has 1 saturated heterocycles. The lowest BCUT2D eigenvalue weighted by Crippen LogP contribution is -2.48. The van der Waals surface area contributed by atoms with Crippen molar-refractivity contribution in [3.05, 3.63) is 17.5 Å². The second kappa shape index (κ2) is 5.50. The number of rotatable bonds is 3. The lowest BCUT2D eigenvalue weighted by Gasteiger charge is -2.39. The molecule has 2 aliphatic rings. The molecule has 114 valence electrons. The average molecular weight is 291 g/mol. The van der Waals surface area contributed by atoms with E-state index < -0.39 is 11.9 Å². The highest BCUT2D eigenvalue weighted by Gasteiger charge is 2.43. The Labute approximate surface area is 123 Å². The summed E-state index contributed by atoms with van der Waals surface area (Å²) in [6, 6.07) is 0. The minimum absolute atomic E-state index is 0.0380. The fourth-order valence-electron chi connectivity index (χ4n) is 3.51. The maximum absolute atomic E-state index is 12.4. The number of carboxylic acid groups (broad SMARTS) is 1. The molecule has 0 bridgehead atoms. The zero-order chi connectivity index (χ0) is 15.0. The van der Waals surface area contributed by atoms with Crippen LogP contribution in [0.2, 0.25) is 0 Å². The van der Waals surface area contributed by atoms with Gasteiger partial charge in [-0.2, -0.15) is 5.10 Å². The molecule has 1 aromatic rings. The molecular formula is C15H21N3O3. The van der Waals surface area contributed by atoms with Gasteiger partial charge >= 0.3 is 5.97 Å². The second-order valence-corrected chi connectivity index (χ2v) is 6.18. The molecule has 1 amide bonds. The van der Waals surface area contributed by atoms with E-state index in [4.69, 9.17) is 5.11 Å². The number of carbonyl (C=O) groups excluding carboxylic acids is 1. The van der Waals surface area contributed by atoms with Crippen LogP contribution in [-0.2, 0) is 9.59 Å². The first kappa shape index (κ1) is 14.1. The standard InChI is InChI=1S/C15H21N3O3/c1-9-13(8-16-17-9)10-4-6-18(7-5-10)14(19)11-2-3-12(11)15(20)21/h8,10-12H,2-7H2,1H3,(H,16,17)(H,20,21)/t11-,12+/m1/s1. The van der Waals surface area contributed by atoms with Gasteiger partial charge < -0.3 is 10.0 Å². The molecule has 0 unspecified atom stereocenters. The number of hydrogen-bond acceptors (Lipinski definition) is 3. The fraction of sp³-hybridized carbons (Fsp3) is 0.667. The number of aliphatic carboxylic acids is 1. The maximum Gasteiger partial charge on any atom is 0.307 e. The van der Waals surface area contributed by atoms with E-state index in [1.54, 1.807) is 0 Å². The molecule has 2 N–H and O–H groups in total. The number of carbonyl (C=O) groups is 2. The summed E-state index contributed by atoms with van der Waals surface area (Å²) in [5.41, 5.74) is 2.35. The summed E-state index contributed by atoms with van der Waals surface area (Å²) in [6.07, 6.45) is 5.09. The van der Waals surface area contributed by atoms with Crippen molar-refractivity contribution in [1.82, 2.24) is 15.1 Å². The van der Waals surface area contributed by atoms with Crippen LogP contribution in [0.4, 0.5) is 0 Å². The summed E-state index contributed by atoms with van der Waals surface area (Å²) in [5, 5.41) is 16.1. The number of aryl methyl sites for hydroxylation is 1. The third-order valence-corrected chi connectivity index (χ3v) is 5.02. The third kappa shape index (κ3) is 2.54. The van der Waals surface area contributed by atoms with Crippen LogP contribution in [0.3, 0.4) is 0 Å². The number of nitrogens with one attached hydrogen (secondary N) is 1. The summed E-state index contributed by atoms with van der Waals surface area (Å²) < 4.78 is 0. The lowest BCUT2D eigenvalue weighted by molar-refractivity contribution is -0.157. The SMILES string of the molecule is Cc1[nH]ncc1C1CCN(C(=O)[C@@H]2CC[C@@H]2C(=O)O)CC1. The monoisotopic (exact) mass is 291 g/mol. The molecule has 1 aliphatic heterocycles. The van der Waals surface area contributed by atoms with Crippen LogP contribution in [0.25, 0.3) is 0 Å². The van der Waals surface area contributed by atoms with Gasteiger partial charge in [0.05, 0.1) is 18.0 Å². The number of H-pyrrole nitrogens is 1. The van der Waals surface area contributed by atoms with Crippen LogP contribution in [0.15, 0.2) is 6.20 Å². The van der Waals surface area contributed by atoms with Gasteiger partial charge in [0.15, 0.2) is 0 Å². The Kier molecular flexibility index (Phi) is 3.69. The largest absolute Gasteiger partial charge is 0.481 e. The van der Waals surface area contributed by atoms with E-state index in [0.717, 1.165) is 38.0 Å². The highest BCUT2D eigenvalue weighted by molar-refractivity contribution is 5.86. The normalized spacial score (nSPS) is 26.4. The minimum Gasteiger partial charge on any atom is -0.481 e. The molecule has 0 radical (unpaired) electrons. The second-order valence-electron chi connectivity index (χ2n) is 6.18. The summed E-state index contributed by atoms with van der Waals surface area (Å²) in [5.74, 6) is -1.11. The van der Waals surface area contributed by atoms with Gasteiger partial charge in [-0.3, -0.25) is 14.7 Å². The summed E-state index contributed by atoms with van der Waals surface area (Å²) in [6.45, 7) is 3.46. The zero-order valence-electron chi connectivity index (χ0n) is 12.2. The zero-order valence-corrected chi connectivity index (χ0v) is 12.2. The Morgan fingerprint density at radius 3 is 2.38 bits per heavy atom. The first-order valence-electron chi connectivity index (χ1n) is 7.59. The van der Waals surface area contributed by atoms with Crippen molar-refractivity contribution in [1.29, 1.82) is 0 Å². The third-order valence-electron chi connectivity index (χ3n) is 5.02. The Hall–Kier alpha value is -1.85. The van der Waals surface area contributed by atoms with Crippen molar-refractivity contribution >= 4 is 11.9 Å². The molecule has 1 aromatic heterocycles. The number of aromatic amines is 1. The Morgan fingerprint density at radius 2 is 1.90 bits per heavy atom. The molecule has 3 rings (SSSR count). The summed E-state index contributed by atoms with van der Waals surface area (Å²) in [4.78, 5) is 25.3. The van der Waals surface area contributed by atoms with Gasteiger partial charge in [-0.1, -0.05) is 0 Å². The highest BCUT2D eigenvalue weighted by Crippen LogP contribution is 2.37. The van der Waals surface area contributed by atoms with E-state index in [1.807, 2.05) is 18.0 Å². The van der Waals surface area contributed by atoms with Crippen LogP contribution >= 0.6 is 0 Å². The molecule has 2 atom stereocenters. The predicted molar refractivity (Wildman–Crippen MR) is 75.7 cm³/mol. The number of amides is 1. The number of likely N-dealkylation sites (tertiary alicyclic amines) is 1. The average Bonchev–Trinajstić information content (AvgIpc) is 2.83. The number of nitrogens with zero attached hydrogens (tertiary/aromatic N) is 2. The molecule has 2 fully saturated rings. The fourth-order valence-corrected chi connectivity index (χ4v) is 3.51. The quantitative estimate of drug-likeness (QED) is 0.884. The maximum atomic E-state index is 12.4. The molecule has 0 aromatic carbocycles. The van der Waals surface area contributed by atoms with E-state index >= 15 is 0 Å². The van der Waals surface area contributed by atoms with E-state index in [1.165, 1.54) is 5.56 Å². The number of carboxylic acids is 1. The van der Waals surface area contributed by atoms with Crippen LogP contribution < -0.4 is 0 Å². The van der Waals surface area contributed by atoms with Crippen molar-refractivity contribution in [2.75, 3.05) is 13.1 Å².